The highest BCUT2D eigenvalue weighted by Gasteiger charge is 2.28. The third-order valence-electron chi connectivity index (χ3n) is 4.93. The smallest absolute Gasteiger partial charge is 0.0164 e. The molecule has 3 rings (SSSR count). The molecule has 4 unspecified atom stereocenters. The van der Waals surface area contributed by atoms with Gasteiger partial charge in [0.25, 0.3) is 0 Å². The van der Waals surface area contributed by atoms with Gasteiger partial charge in [0.05, 0.1) is 0 Å². The van der Waals surface area contributed by atoms with Crippen molar-refractivity contribution < 1.29 is 0 Å². The molecule has 3 aliphatic carbocycles. The predicted octanol–water partition coefficient (Wildman–Crippen LogP) is 5.06. The summed E-state index contributed by atoms with van der Waals surface area (Å²) in [6, 6.07) is 0. The van der Waals surface area contributed by atoms with Crippen molar-refractivity contribution in [1.82, 2.24) is 0 Å². The second-order valence-electron chi connectivity index (χ2n) is 6.08. The number of rotatable bonds is 2. The first-order valence-electron chi connectivity index (χ1n) is 7.58. The molecule has 0 aromatic carbocycles. The monoisotopic (exact) mass is 240 g/mol. The van der Waals surface area contributed by atoms with Crippen molar-refractivity contribution in [3.8, 4) is 0 Å². The molecule has 0 aromatic heterocycles. The van der Waals surface area contributed by atoms with Gasteiger partial charge >= 0.3 is 0 Å². The molecule has 0 aliphatic heterocycles. The zero-order chi connectivity index (χ0) is 12.2. The third kappa shape index (κ3) is 2.68. The Morgan fingerprint density at radius 3 is 2.39 bits per heavy atom. The molecular formula is C18H24. The van der Waals surface area contributed by atoms with Crippen LogP contribution in [0.1, 0.15) is 38.5 Å². The van der Waals surface area contributed by atoms with E-state index in [-0.39, 0.29) is 0 Å². The van der Waals surface area contributed by atoms with E-state index in [2.05, 4.69) is 48.6 Å². The predicted molar refractivity (Wildman–Crippen MR) is 78.2 cm³/mol. The molecule has 4 atom stereocenters. The lowest BCUT2D eigenvalue weighted by Gasteiger charge is -2.35. The van der Waals surface area contributed by atoms with Crippen LogP contribution in [0.25, 0.3) is 0 Å². The van der Waals surface area contributed by atoms with Crippen LogP contribution in [0.3, 0.4) is 0 Å². The molecule has 0 heteroatoms. The van der Waals surface area contributed by atoms with Crippen molar-refractivity contribution in [2.45, 2.75) is 38.5 Å². The second-order valence-corrected chi connectivity index (χ2v) is 6.08. The van der Waals surface area contributed by atoms with Crippen molar-refractivity contribution >= 4 is 0 Å². The number of hydrogen-bond donors (Lipinski definition) is 0. The first-order valence-corrected chi connectivity index (χ1v) is 7.58. The minimum Gasteiger partial charge on any atom is -0.0885 e. The van der Waals surface area contributed by atoms with E-state index < -0.39 is 0 Å². The first kappa shape index (κ1) is 12.0. The van der Waals surface area contributed by atoms with Gasteiger partial charge in [0, 0.05) is 0 Å². The molecule has 18 heavy (non-hydrogen) atoms. The van der Waals surface area contributed by atoms with E-state index in [1.807, 2.05) is 0 Å². The minimum absolute atomic E-state index is 0.793. The Hall–Kier alpha value is -1.04. The Balaban J connectivity index is 1.63. The second kappa shape index (κ2) is 5.73. The Labute approximate surface area is 111 Å². The van der Waals surface area contributed by atoms with Crippen molar-refractivity contribution in [3.05, 3.63) is 48.6 Å². The highest BCUT2D eigenvalue weighted by molar-refractivity contribution is 5.14. The fourth-order valence-corrected chi connectivity index (χ4v) is 3.81. The van der Waals surface area contributed by atoms with Gasteiger partial charge in [-0.2, -0.15) is 0 Å². The summed E-state index contributed by atoms with van der Waals surface area (Å²) in [6.07, 6.45) is 26.9. The van der Waals surface area contributed by atoms with Crippen LogP contribution in [0.2, 0.25) is 0 Å². The number of allylic oxidation sites excluding steroid dienone is 8. The Bertz CT molecular complexity index is 383. The van der Waals surface area contributed by atoms with Gasteiger partial charge in [-0.3, -0.25) is 0 Å². The van der Waals surface area contributed by atoms with Gasteiger partial charge in [-0.25, -0.2) is 0 Å². The summed E-state index contributed by atoms with van der Waals surface area (Å²) in [5.41, 5.74) is 0. The Kier molecular flexibility index (Phi) is 3.83. The maximum Gasteiger partial charge on any atom is -0.0164 e. The Morgan fingerprint density at radius 1 is 0.667 bits per heavy atom. The molecule has 0 N–H and O–H groups in total. The van der Waals surface area contributed by atoms with Crippen LogP contribution in [0.4, 0.5) is 0 Å². The third-order valence-corrected chi connectivity index (χ3v) is 4.93. The summed E-state index contributed by atoms with van der Waals surface area (Å²) >= 11 is 0. The molecule has 0 saturated heterocycles. The van der Waals surface area contributed by atoms with Crippen molar-refractivity contribution in [1.29, 1.82) is 0 Å². The maximum atomic E-state index is 2.52. The SMILES string of the molecule is C1=CCC(C2CC=CC(C3CC=CCC3)C2)C=C1. The quantitative estimate of drug-likeness (QED) is 0.592. The fourth-order valence-electron chi connectivity index (χ4n) is 3.81. The Morgan fingerprint density at radius 2 is 1.61 bits per heavy atom. The van der Waals surface area contributed by atoms with Crippen LogP contribution < -0.4 is 0 Å². The molecule has 3 aliphatic rings. The average Bonchev–Trinajstić information content (AvgIpc) is 2.49. The largest absolute Gasteiger partial charge is 0.0885 e. The molecule has 0 fully saturated rings. The van der Waals surface area contributed by atoms with Gasteiger partial charge in [0.1, 0.15) is 0 Å². The standard InChI is InChI=1S/C18H24/c1-3-8-15(9-4-1)17-12-7-13-18(14-17)16-10-5-2-6-11-16/h1-5,7-8,13,15-18H,6,9-12,14H2. The van der Waals surface area contributed by atoms with E-state index in [1.165, 1.54) is 38.5 Å². The van der Waals surface area contributed by atoms with Gasteiger partial charge in [0.15, 0.2) is 0 Å². The molecule has 0 aromatic rings. The van der Waals surface area contributed by atoms with Crippen LogP contribution in [-0.2, 0) is 0 Å². The number of hydrogen-bond acceptors (Lipinski definition) is 0. The fraction of sp³-hybridized carbons (Fsp3) is 0.556. The molecule has 0 saturated carbocycles. The lowest BCUT2D eigenvalue weighted by Crippen LogP contribution is -2.24. The van der Waals surface area contributed by atoms with E-state index in [0.29, 0.717) is 0 Å². The van der Waals surface area contributed by atoms with Gasteiger partial charge in [0.2, 0.25) is 0 Å². The maximum absolute atomic E-state index is 2.52. The summed E-state index contributed by atoms with van der Waals surface area (Å²) in [4.78, 5) is 0. The van der Waals surface area contributed by atoms with Crippen molar-refractivity contribution in [2.75, 3.05) is 0 Å². The molecule has 0 radical (unpaired) electrons. The molecule has 0 nitrogen and oxygen atoms in total. The zero-order valence-corrected chi connectivity index (χ0v) is 11.2. The van der Waals surface area contributed by atoms with Crippen LogP contribution in [0.15, 0.2) is 48.6 Å². The molecule has 0 heterocycles. The van der Waals surface area contributed by atoms with E-state index >= 15 is 0 Å². The van der Waals surface area contributed by atoms with Crippen LogP contribution in [0, 0.1) is 23.7 Å². The van der Waals surface area contributed by atoms with Crippen molar-refractivity contribution in [2.24, 2.45) is 23.7 Å². The summed E-state index contributed by atoms with van der Waals surface area (Å²) < 4.78 is 0. The van der Waals surface area contributed by atoms with Gasteiger partial charge in [-0.15, -0.1) is 0 Å². The summed E-state index contributed by atoms with van der Waals surface area (Å²) in [5, 5.41) is 0. The highest BCUT2D eigenvalue weighted by Crippen LogP contribution is 2.39. The highest BCUT2D eigenvalue weighted by atomic mass is 14.3. The van der Waals surface area contributed by atoms with Gasteiger partial charge < -0.3 is 0 Å². The summed E-state index contributed by atoms with van der Waals surface area (Å²) in [5.74, 6) is 3.43. The van der Waals surface area contributed by atoms with Gasteiger partial charge in [-0.1, -0.05) is 48.6 Å². The topological polar surface area (TPSA) is 0 Å². The molecule has 0 amide bonds. The lowest BCUT2D eigenvalue weighted by molar-refractivity contribution is 0.250. The molecule has 0 spiro atoms. The van der Waals surface area contributed by atoms with Gasteiger partial charge in [-0.05, 0) is 62.2 Å². The minimum atomic E-state index is 0.793. The van der Waals surface area contributed by atoms with E-state index in [0.717, 1.165) is 23.7 Å². The lowest BCUT2D eigenvalue weighted by atomic mass is 9.70. The van der Waals surface area contributed by atoms with E-state index in [4.69, 9.17) is 0 Å². The normalized spacial score (nSPS) is 39.1. The van der Waals surface area contributed by atoms with Crippen LogP contribution >= 0.6 is 0 Å². The van der Waals surface area contributed by atoms with E-state index in [9.17, 15) is 0 Å². The average molecular weight is 240 g/mol. The first-order chi connectivity index (χ1) is 8.93. The molecule has 96 valence electrons. The summed E-state index contributed by atoms with van der Waals surface area (Å²) in [6.45, 7) is 0. The summed E-state index contributed by atoms with van der Waals surface area (Å²) in [7, 11) is 0. The molecular weight excluding hydrogens is 216 g/mol. The van der Waals surface area contributed by atoms with Crippen molar-refractivity contribution in [3.63, 3.8) is 0 Å². The molecule has 0 bridgehead atoms. The van der Waals surface area contributed by atoms with Crippen LogP contribution in [0.5, 0.6) is 0 Å². The zero-order valence-electron chi connectivity index (χ0n) is 11.2. The van der Waals surface area contributed by atoms with Crippen LogP contribution in [-0.4, -0.2) is 0 Å². The van der Waals surface area contributed by atoms with E-state index in [1.54, 1.807) is 0 Å².